The summed E-state index contributed by atoms with van der Waals surface area (Å²) in [5.74, 6) is -1.23. The van der Waals surface area contributed by atoms with E-state index in [-0.39, 0.29) is 18.9 Å². The summed E-state index contributed by atoms with van der Waals surface area (Å²) in [5, 5.41) is 10.7. The molecule has 1 N–H and O–H groups in total. The minimum absolute atomic E-state index is 0.153. The lowest BCUT2D eigenvalue weighted by Crippen LogP contribution is -2.49. The Labute approximate surface area is 146 Å². The number of ether oxygens (including phenoxy) is 1. The molecule has 1 unspecified atom stereocenters. The predicted octanol–water partition coefficient (Wildman–Crippen LogP) is 3.52. The summed E-state index contributed by atoms with van der Waals surface area (Å²) in [6.45, 7) is 0.949. The van der Waals surface area contributed by atoms with Gasteiger partial charge in [-0.1, -0.05) is 29.3 Å². The molecule has 0 saturated carbocycles. The van der Waals surface area contributed by atoms with Crippen molar-refractivity contribution in [3.63, 3.8) is 0 Å². The molecule has 1 aliphatic heterocycles. The van der Waals surface area contributed by atoms with Gasteiger partial charge in [-0.25, -0.2) is 0 Å². The van der Waals surface area contributed by atoms with Gasteiger partial charge in [0.25, 0.3) is 5.91 Å². The van der Waals surface area contributed by atoms with Gasteiger partial charge in [-0.15, -0.1) is 11.3 Å². The molecular weight excluding hydrogens is 361 g/mol. The van der Waals surface area contributed by atoms with E-state index in [0.717, 1.165) is 10.1 Å². The Kier molecular flexibility index (Phi) is 4.77. The zero-order chi connectivity index (χ0) is 16.6. The number of morpholine rings is 1. The minimum Gasteiger partial charge on any atom is -0.481 e. The summed E-state index contributed by atoms with van der Waals surface area (Å²) in [5.41, 5.74) is 0. The Morgan fingerprint density at radius 1 is 1.39 bits per heavy atom. The van der Waals surface area contributed by atoms with Crippen molar-refractivity contribution in [1.29, 1.82) is 0 Å². The third-order valence-corrected chi connectivity index (χ3v) is 5.56. The van der Waals surface area contributed by atoms with Gasteiger partial charge in [-0.3, -0.25) is 9.59 Å². The second-order valence-electron chi connectivity index (χ2n) is 5.21. The highest BCUT2D eigenvalue weighted by molar-refractivity contribution is 7.21. The SMILES string of the molecule is O=C(O)CC1COCCN1C(=O)c1sc2cc(Cl)ccc2c1Cl. The first-order valence-electron chi connectivity index (χ1n) is 6.95. The zero-order valence-corrected chi connectivity index (χ0v) is 14.2. The van der Waals surface area contributed by atoms with Gasteiger partial charge in [0, 0.05) is 21.7 Å². The molecule has 0 aliphatic carbocycles. The average Bonchev–Trinajstić information content (AvgIpc) is 2.83. The van der Waals surface area contributed by atoms with Crippen molar-refractivity contribution in [3.05, 3.63) is 33.1 Å². The number of carbonyl (C=O) groups excluding carboxylic acids is 1. The second kappa shape index (κ2) is 6.65. The zero-order valence-electron chi connectivity index (χ0n) is 11.9. The van der Waals surface area contributed by atoms with Crippen molar-refractivity contribution < 1.29 is 19.4 Å². The van der Waals surface area contributed by atoms with Gasteiger partial charge in [0.15, 0.2) is 0 Å². The van der Waals surface area contributed by atoms with Gasteiger partial charge in [0.05, 0.1) is 30.7 Å². The fourth-order valence-corrected chi connectivity index (χ4v) is 4.34. The fraction of sp³-hybridized carbons (Fsp3) is 0.333. The third kappa shape index (κ3) is 3.30. The van der Waals surface area contributed by atoms with Crippen molar-refractivity contribution >= 4 is 56.5 Å². The summed E-state index contributed by atoms with van der Waals surface area (Å²) in [6, 6.07) is 4.77. The number of rotatable bonds is 3. The lowest BCUT2D eigenvalue weighted by Gasteiger charge is -2.34. The van der Waals surface area contributed by atoms with Gasteiger partial charge in [-0.05, 0) is 12.1 Å². The molecule has 122 valence electrons. The summed E-state index contributed by atoms with van der Waals surface area (Å²) in [7, 11) is 0. The molecule has 3 rings (SSSR count). The lowest BCUT2D eigenvalue weighted by molar-refractivity contribution is -0.139. The Hall–Kier alpha value is -1.34. The van der Waals surface area contributed by atoms with Crippen LogP contribution < -0.4 is 0 Å². The van der Waals surface area contributed by atoms with Crippen LogP contribution in [0.2, 0.25) is 10.0 Å². The first-order chi connectivity index (χ1) is 11.0. The average molecular weight is 374 g/mol. The molecule has 0 bridgehead atoms. The molecule has 1 fully saturated rings. The number of hydrogen-bond donors (Lipinski definition) is 1. The number of fused-ring (bicyclic) bond motifs is 1. The maximum Gasteiger partial charge on any atom is 0.305 e. The maximum absolute atomic E-state index is 12.8. The topological polar surface area (TPSA) is 66.8 Å². The van der Waals surface area contributed by atoms with E-state index in [9.17, 15) is 9.59 Å². The van der Waals surface area contributed by atoms with Crippen LogP contribution in [-0.2, 0) is 9.53 Å². The second-order valence-corrected chi connectivity index (χ2v) is 7.08. The van der Waals surface area contributed by atoms with Crippen LogP contribution in [0.5, 0.6) is 0 Å². The Morgan fingerprint density at radius 2 is 2.17 bits per heavy atom. The fourth-order valence-electron chi connectivity index (χ4n) is 2.60. The van der Waals surface area contributed by atoms with Gasteiger partial charge in [-0.2, -0.15) is 0 Å². The van der Waals surface area contributed by atoms with E-state index in [1.54, 1.807) is 18.2 Å². The highest BCUT2D eigenvalue weighted by Gasteiger charge is 2.32. The predicted molar refractivity (Wildman–Crippen MR) is 89.7 cm³/mol. The molecule has 2 aromatic rings. The van der Waals surface area contributed by atoms with Crippen molar-refractivity contribution in [1.82, 2.24) is 4.90 Å². The Balaban J connectivity index is 1.95. The van der Waals surface area contributed by atoms with Crippen LogP contribution >= 0.6 is 34.5 Å². The van der Waals surface area contributed by atoms with Gasteiger partial charge in [0.2, 0.25) is 0 Å². The van der Waals surface area contributed by atoms with Gasteiger partial charge >= 0.3 is 5.97 Å². The number of nitrogens with zero attached hydrogens (tertiary/aromatic N) is 1. The molecule has 1 aromatic carbocycles. The van der Waals surface area contributed by atoms with Crippen molar-refractivity contribution in [3.8, 4) is 0 Å². The molecular formula is C15H13Cl2NO4S. The van der Waals surface area contributed by atoms with E-state index in [0.29, 0.717) is 28.1 Å². The number of hydrogen-bond acceptors (Lipinski definition) is 4. The molecule has 1 atom stereocenters. The normalized spacial score (nSPS) is 18.3. The number of halogens is 2. The van der Waals surface area contributed by atoms with Crippen LogP contribution in [0.1, 0.15) is 16.1 Å². The minimum atomic E-state index is -0.965. The lowest BCUT2D eigenvalue weighted by atomic mass is 10.1. The summed E-state index contributed by atoms with van der Waals surface area (Å²) in [6.07, 6.45) is -0.153. The molecule has 23 heavy (non-hydrogen) atoms. The van der Waals surface area contributed by atoms with Gasteiger partial charge < -0.3 is 14.7 Å². The van der Waals surface area contributed by atoms with Gasteiger partial charge in [0.1, 0.15) is 4.88 Å². The van der Waals surface area contributed by atoms with E-state index in [1.807, 2.05) is 0 Å². The summed E-state index contributed by atoms with van der Waals surface area (Å²) < 4.78 is 6.13. The number of carboxylic acids is 1. The quantitative estimate of drug-likeness (QED) is 0.893. The third-order valence-electron chi connectivity index (χ3n) is 3.68. The number of carboxylic acid groups (broad SMARTS) is 1. The van der Waals surface area contributed by atoms with E-state index < -0.39 is 12.0 Å². The molecule has 2 heterocycles. The molecule has 1 amide bonds. The Morgan fingerprint density at radius 3 is 2.91 bits per heavy atom. The molecule has 1 aliphatic rings. The maximum atomic E-state index is 12.8. The molecule has 1 saturated heterocycles. The number of thiophene rings is 1. The molecule has 0 radical (unpaired) electrons. The van der Waals surface area contributed by atoms with Crippen LogP contribution in [-0.4, -0.2) is 47.7 Å². The smallest absolute Gasteiger partial charge is 0.305 e. The molecule has 5 nitrogen and oxygen atoms in total. The van der Waals surface area contributed by atoms with Crippen molar-refractivity contribution in [2.45, 2.75) is 12.5 Å². The summed E-state index contributed by atoms with van der Waals surface area (Å²) >= 11 is 13.6. The van der Waals surface area contributed by atoms with Crippen LogP contribution in [0.3, 0.4) is 0 Å². The number of amides is 1. The Bertz CT molecular complexity index is 776. The van der Waals surface area contributed by atoms with E-state index in [1.165, 1.54) is 16.2 Å². The monoisotopic (exact) mass is 373 g/mol. The number of benzene rings is 1. The summed E-state index contributed by atoms with van der Waals surface area (Å²) in [4.78, 5) is 25.8. The van der Waals surface area contributed by atoms with Crippen LogP contribution in [0.25, 0.3) is 10.1 Å². The van der Waals surface area contributed by atoms with Crippen LogP contribution in [0.15, 0.2) is 18.2 Å². The highest BCUT2D eigenvalue weighted by Crippen LogP contribution is 2.37. The standard InChI is InChI=1S/C15H13Cl2NO4S/c16-8-1-2-10-11(5-8)23-14(13(10)17)15(21)18-3-4-22-7-9(18)6-12(19)20/h1-2,5,9H,3-4,6-7H2,(H,19,20). The van der Waals surface area contributed by atoms with Crippen LogP contribution in [0.4, 0.5) is 0 Å². The van der Waals surface area contributed by atoms with Crippen LogP contribution in [0, 0.1) is 0 Å². The van der Waals surface area contributed by atoms with Crippen molar-refractivity contribution in [2.75, 3.05) is 19.8 Å². The number of carbonyl (C=O) groups is 2. The van der Waals surface area contributed by atoms with E-state index >= 15 is 0 Å². The number of aliphatic carboxylic acids is 1. The van der Waals surface area contributed by atoms with E-state index in [4.69, 9.17) is 33.0 Å². The first-order valence-corrected chi connectivity index (χ1v) is 8.52. The first kappa shape index (κ1) is 16.5. The molecule has 8 heteroatoms. The highest BCUT2D eigenvalue weighted by atomic mass is 35.5. The van der Waals surface area contributed by atoms with E-state index in [2.05, 4.69) is 0 Å². The largest absolute Gasteiger partial charge is 0.481 e. The van der Waals surface area contributed by atoms with Crippen molar-refractivity contribution in [2.24, 2.45) is 0 Å². The molecule has 0 spiro atoms. The molecule has 1 aromatic heterocycles.